The van der Waals surface area contributed by atoms with Gasteiger partial charge in [0.2, 0.25) is 5.82 Å². The van der Waals surface area contributed by atoms with Crippen LogP contribution < -0.4 is 5.32 Å². The maximum Gasteiger partial charge on any atom is 0.306 e. The Bertz CT molecular complexity index is 734. The molecule has 0 saturated carbocycles. The van der Waals surface area contributed by atoms with Gasteiger partial charge in [0.25, 0.3) is 5.91 Å². The number of halogens is 2. The molecule has 0 saturated heterocycles. The van der Waals surface area contributed by atoms with Gasteiger partial charge in [0.15, 0.2) is 0 Å². The molecule has 7 heteroatoms. The highest BCUT2D eigenvalue weighted by Crippen LogP contribution is 2.24. The second-order valence-corrected chi connectivity index (χ2v) is 5.14. The van der Waals surface area contributed by atoms with Crippen LogP contribution in [0.15, 0.2) is 40.9 Å². The first-order chi connectivity index (χ1) is 9.90. The van der Waals surface area contributed by atoms with Gasteiger partial charge in [-0.1, -0.05) is 22.0 Å². The fraction of sp³-hybridized carbons (Fsp3) is 0.0714. The Hall–Kier alpha value is -2.28. The number of hydrogen-bond acceptors (Lipinski definition) is 3. The normalized spacial score (nSPS) is 10.2. The van der Waals surface area contributed by atoms with E-state index in [2.05, 4.69) is 21.2 Å². The van der Waals surface area contributed by atoms with E-state index < -0.39 is 22.3 Å². The molecule has 0 fully saturated rings. The van der Waals surface area contributed by atoms with Crippen LogP contribution in [0.1, 0.15) is 15.9 Å². The number of nitro benzene ring substituents is 1. The molecule has 108 valence electrons. The number of nitro groups is 1. The van der Waals surface area contributed by atoms with Gasteiger partial charge in [-0.25, -0.2) is 0 Å². The molecule has 2 aromatic carbocycles. The average molecular weight is 353 g/mol. The zero-order valence-electron chi connectivity index (χ0n) is 10.9. The molecular weight excluding hydrogens is 343 g/mol. The molecule has 0 heterocycles. The van der Waals surface area contributed by atoms with Gasteiger partial charge in [-0.3, -0.25) is 14.9 Å². The summed E-state index contributed by atoms with van der Waals surface area (Å²) in [6.07, 6.45) is 0. The van der Waals surface area contributed by atoms with Crippen molar-refractivity contribution in [2.75, 3.05) is 5.32 Å². The summed E-state index contributed by atoms with van der Waals surface area (Å²) in [7, 11) is 0. The van der Waals surface area contributed by atoms with Crippen molar-refractivity contribution in [3.8, 4) is 0 Å². The number of benzene rings is 2. The number of rotatable bonds is 3. The minimum atomic E-state index is -0.948. The molecule has 2 aromatic rings. The van der Waals surface area contributed by atoms with Crippen LogP contribution in [0.5, 0.6) is 0 Å². The van der Waals surface area contributed by atoms with E-state index in [1.54, 1.807) is 25.1 Å². The third kappa shape index (κ3) is 3.25. The Balaban J connectivity index is 2.30. The van der Waals surface area contributed by atoms with E-state index in [0.29, 0.717) is 5.56 Å². The molecule has 0 atom stereocenters. The van der Waals surface area contributed by atoms with E-state index >= 15 is 0 Å². The van der Waals surface area contributed by atoms with Gasteiger partial charge < -0.3 is 5.32 Å². The highest BCUT2D eigenvalue weighted by molar-refractivity contribution is 9.10. The van der Waals surface area contributed by atoms with Crippen LogP contribution in [-0.2, 0) is 0 Å². The van der Waals surface area contributed by atoms with Crippen LogP contribution >= 0.6 is 15.9 Å². The van der Waals surface area contributed by atoms with Gasteiger partial charge in [-0.2, -0.15) is 4.39 Å². The first-order valence-electron chi connectivity index (χ1n) is 5.90. The Morgan fingerprint density at radius 2 is 2.05 bits per heavy atom. The van der Waals surface area contributed by atoms with Crippen molar-refractivity contribution in [3.05, 3.63) is 67.9 Å². The van der Waals surface area contributed by atoms with Crippen LogP contribution in [0.4, 0.5) is 15.8 Å². The van der Waals surface area contributed by atoms with E-state index in [-0.39, 0.29) is 5.69 Å². The first-order valence-corrected chi connectivity index (χ1v) is 6.70. The molecule has 0 unspecified atom stereocenters. The third-order valence-electron chi connectivity index (χ3n) is 2.91. The second kappa shape index (κ2) is 6.01. The standard InChI is InChI=1S/C14H10BrFN2O3/c1-8-10(3-2-4-11(8)15)14(19)17-9-5-6-12(16)13(7-9)18(20)21/h2-7H,1H3,(H,17,19). The maximum atomic E-state index is 13.2. The van der Waals surface area contributed by atoms with Crippen molar-refractivity contribution in [1.82, 2.24) is 0 Å². The van der Waals surface area contributed by atoms with E-state index in [1.165, 1.54) is 6.07 Å². The summed E-state index contributed by atoms with van der Waals surface area (Å²) in [4.78, 5) is 22.0. The van der Waals surface area contributed by atoms with E-state index in [1.807, 2.05) is 0 Å². The summed E-state index contributed by atoms with van der Waals surface area (Å²) in [5.74, 6) is -1.37. The van der Waals surface area contributed by atoms with E-state index in [0.717, 1.165) is 22.2 Å². The molecule has 5 nitrogen and oxygen atoms in total. The molecule has 21 heavy (non-hydrogen) atoms. The lowest BCUT2D eigenvalue weighted by atomic mass is 10.1. The zero-order valence-corrected chi connectivity index (χ0v) is 12.5. The Morgan fingerprint density at radius 3 is 2.71 bits per heavy atom. The van der Waals surface area contributed by atoms with Gasteiger partial charge in [0.05, 0.1) is 4.92 Å². The number of nitrogens with zero attached hydrogens (tertiary/aromatic N) is 1. The zero-order chi connectivity index (χ0) is 15.6. The van der Waals surface area contributed by atoms with Gasteiger partial charge >= 0.3 is 5.69 Å². The quantitative estimate of drug-likeness (QED) is 0.668. The number of carbonyl (C=O) groups is 1. The van der Waals surface area contributed by atoms with E-state index in [4.69, 9.17) is 0 Å². The summed E-state index contributed by atoms with van der Waals surface area (Å²) in [5, 5.41) is 13.2. The second-order valence-electron chi connectivity index (χ2n) is 4.29. The van der Waals surface area contributed by atoms with Crippen molar-refractivity contribution < 1.29 is 14.1 Å². The molecule has 0 radical (unpaired) electrons. The van der Waals surface area contributed by atoms with Gasteiger partial charge in [-0.05, 0) is 36.8 Å². The molecular formula is C14H10BrFN2O3. The molecule has 0 aliphatic rings. The third-order valence-corrected chi connectivity index (χ3v) is 3.77. The smallest absolute Gasteiger partial charge is 0.306 e. The first kappa shape index (κ1) is 15.1. The number of carbonyl (C=O) groups excluding carboxylic acids is 1. The molecule has 1 amide bonds. The predicted octanol–water partition coefficient (Wildman–Crippen LogP) is 4.06. The summed E-state index contributed by atoms with van der Waals surface area (Å²) < 4.78 is 14.0. The number of anilines is 1. The Kier molecular flexibility index (Phi) is 4.32. The fourth-order valence-corrected chi connectivity index (χ4v) is 2.15. The van der Waals surface area contributed by atoms with Gasteiger partial charge in [-0.15, -0.1) is 0 Å². The monoisotopic (exact) mass is 352 g/mol. The van der Waals surface area contributed by atoms with Crippen LogP contribution in [-0.4, -0.2) is 10.8 Å². The Labute approximate surface area is 128 Å². The van der Waals surface area contributed by atoms with Gasteiger partial charge in [0.1, 0.15) is 0 Å². The van der Waals surface area contributed by atoms with Crippen molar-refractivity contribution in [1.29, 1.82) is 0 Å². The van der Waals surface area contributed by atoms with Crippen molar-refractivity contribution in [2.45, 2.75) is 6.92 Å². The van der Waals surface area contributed by atoms with Crippen LogP contribution in [0, 0.1) is 22.9 Å². The topological polar surface area (TPSA) is 72.2 Å². The van der Waals surface area contributed by atoms with Crippen molar-refractivity contribution in [2.24, 2.45) is 0 Å². The summed E-state index contributed by atoms with van der Waals surface area (Å²) >= 11 is 3.32. The summed E-state index contributed by atoms with van der Waals surface area (Å²) in [5.41, 5.74) is 0.647. The minimum absolute atomic E-state index is 0.160. The molecule has 0 aromatic heterocycles. The maximum absolute atomic E-state index is 13.2. The van der Waals surface area contributed by atoms with Crippen LogP contribution in [0.25, 0.3) is 0 Å². The summed E-state index contributed by atoms with van der Waals surface area (Å²) in [6.45, 7) is 1.77. The highest BCUT2D eigenvalue weighted by atomic mass is 79.9. The molecule has 0 spiro atoms. The van der Waals surface area contributed by atoms with Crippen molar-refractivity contribution >= 4 is 33.2 Å². The fourth-order valence-electron chi connectivity index (χ4n) is 1.78. The highest BCUT2D eigenvalue weighted by Gasteiger charge is 2.16. The molecule has 1 N–H and O–H groups in total. The number of amides is 1. The molecule has 0 aliphatic heterocycles. The average Bonchev–Trinajstić information content (AvgIpc) is 2.43. The number of hydrogen-bond donors (Lipinski definition) is 1. The molecule has 0 bridgehead atoms. The van der Waals surface area contributed by atoms with Gasteiger partial charge in [0, 0.05) is 21.8 Å². The molecule has 2 rings (SSSR count). The minimum Gasteiger partial charge on any atom is -0.322 e. The summed E-state index contributed by atoms with van der Waals surface area (Å²) in [6, 6.07) is 8.34. The van der Waals surface area contributed by atoms with Crippen LogP contribution in [0.3, 0.4) is 0 Å². The van der Waals surface area contributed by atoms with E-state index in [9.17, 15) is 19.3 Å². The van der Waals surface area contributed by atoms with Crippen molar-refractivity contribution in [3.63, 3.8) is 0 Å². The lowest BCUT2D eigenvalue weighted by molar-refractivity contribution is -0.387. The van der Waals surface area contributed by atoms with Crippen LogP contribution in [0.2, 0.25) is 0 Å². The SMILES string of the molecule is Cc1c(Br)cccc1C(=O)Nc1ccc(F)c([N+](=O)[O-])c1. The number of nitrogens with one attached hydrogen (secondary N) is 1. The predicted molar refractivity (Wildman–Crippen MR) is 79.9 cm³/mol. The lowest BCUT2D eigenvalue weighted by Crippen LogP contribution is -2.13. The lowest BCUT2D eigenvalue weighted by Gasteiger charge is -2.09. The molecule has 0 aliphatic carbocycles. The largest absolute Gasteiger partial charge is 0.322 e. The Morgan fingerprint density at radius 1 is 1.33 bits per heavy atom.